The van der Waals surface area contributed by atoms with Crippen LogP contribution in [0.5, 0.6) is 0 Å². The maximum absolute atomic E-state index is 4.75. The molecule has 2 N–H and O–H groups in total. The Bertz CT molecular complexity index is 915. The molecule has 0 spiro atoms. The van der Waals surface area contributed by atoms with Gasteiger partial charge in [-0.1, -0.05) is 60.7 Å². The van der Waals surface area contributed by atoms with Gasteiger partial charge in [0, 0.05) is 32.0 Å². The molecule has 0 aliphatic carbocycles. The zero-order valence-electron chi connectivity index (χ0n) is 18.0. The molecule has 0 amide bonds. The summed E-state index contributed by atoms with van der Waals surface area (Å²) in [5.41, 5.74) is 2.68. The number of aromatic nitrogens is 3. The highest BCUT2D eigenvalue weighted by Crippen LogP contribution is 2.27. The Morgan fingerprint density at radius 3 is 2.32 bits per heavy atom. The largest absolute Gasteiger partial charge is 0.357 e. The average Bonchev–Trinajstić information content (AvgIpc) is 3.41. The van der Waals surface area contributed by atoms with Crippen molar-refractivity contribution in [1.29, 1.82) is 0 Å². The van der Waals surface area contributed by atoms with E-state index in [2.05, 4.69) is 93.0 Å². The minimum Gasteiger partial charge on any atom is -0.357 e. The van der Waals surface area contributed by atoms with Gasteiger partial charge < -0.3 is 15.2 Å². The molecule has 7 heteroatoms. The number of nitrogens with zero attached hydrogens (tertiary/aromatic N) is 4. The van der Waals surface area contributed by atoms with Crippen LogP contribution in [0.15, 0.2) is 65.7 Å². The Balaban J connectivity index is 0.00000272. The zero-order chi connectivity index (χ0) is 20.6. The quantitative estimate of drug-likeness (QED) is 0.261. The van der Waals surface area contributed by atoms with Gasteiger partial charge >= 0.3 is 0 Å². The fourth-order valence-corrected chi connectivity index (χ4v) is 4.05. The van der Waals surface area contributed by atoms with Gasteiger partial charge in [-0.05, 0) is 30.9 Å². The summed E-state index contributed by atoms with van der Waals surface area (Å²) in [6.45, 7) is 5.29. The van der Waals surface area contributed by atoms with E-state index in [1.807, 2.05) is 0 Å². The number of aryl methyl sites for hydroxylation is 1. The first kappa shape index (κ1) is 23.2. The van der Waals surface area contributed by atoms with Gasteiger partial charge in [-0.15, -0.1) is 34.2 Å². The molecule has 0 saturated heterocycles. The van der Waals surface area contributed by atoms with Crippen LogP contribution >= 0.6 is 24.0 Å². The second-order valence-corrected chi connectivity index (χ2v) is 7.57. The SMILES string of the molecule is CCNC(=NCc1nnc2n1CCC2)NCCC(c1ccccc1)c1ccccc1.I. The first-order valence-electron chi connectivity index (χ1n) is 10.9. The topological polar surface area (TPSA) is 67.1 Å². The van der Waals surface area contributed by atoms with E-state index in [1.54, 1.807) is 0 Å². The summed E-state index contributed by atoms with van der Waals surface area (Å²) in [7, 11) is 0. The van der Waals surface area contributed by atoms with Crippen molar-refractivity contribution < 1.29 is 0 Å². The number of guanidine groups is 1. The van der Waals surface area contributed by atoms with Crippen LogP contribution in [-0.2, 0) is 19.5 Å². The molecule has 31 heavy (non-hydrogen) atoms. The molecule has 1 aromatic heterocycles. The van der Waals surface area contributed by atoms with Crippen LogP contribution in [-0.4, -0.2) is 33.8 Å². The lowest BCUT2D eigenvalue weighted by atomic mass is 9.88. The lowest BCUT2D eigenvalue weighted by molar-refractivity contribution is 0.669. The van der Waals surface area contributed by atoms with Crippen molar-refractivity contribution >= 4 is 29.9 Å². The molecule has 0 saturated carbocycles. The molecule has 1 aliphatic heterocycles. The van der Waals surface area contributed by atoms with Gasteiger partial charge in [-0.3, -0.25) is 0 Å². The van der Waals surface area contributed by atoms with Crippen molar-refractivity contribution in [3.8, 4) is 0 Å². The minimum absolute atomic E-state index is 0. The van der Waals surface area contributed by atoms with Gasteiger partial charge in [-0.2, -0.15) is 0 Å². The molecule has 3 aromatic rings. The molecule has 0 fully saturated rings. The van der Waals surface area contributed by atoms with E-state index < -0.39 is 0 Å². The number of hydrogen-bond acceptors (Lipinski definition) is 3. The average molecular weight is 530 g/mol. The lowest BCUT2D eigenvalue weighted by Gasteiger charge is -2.19. The van der Waals surface area contributed by atoms with E-state index in [0.29, 0.717) is 12.5 Å². The summed E-state index contributed by atoms with van der Waals surface area (Å²) < 4.78 is 2.20. The predicted octanol–water partition coefficient (Wildman–Crippen LogP) is 4.12. The normalized spacial score (nSPS) is 13.0. The van der Waals surface area contributed by atoms with Crippen molar-refractivity contribution in [2.24, 2.45) is 4.99 Å². The molecule has 2 heterocycles. The fraction of sp³-hybridized carbons (Fsp3) is 0.375. The predicted molar refractivity (Wildman–Crippen MR) is 136 cm³/mol. The smallest absolute Gasteiger partial charge is 0.191 e. The Kier molecular flexibility index (Phi) is 8.87. The molecule has 164 valence electrons. The molecule has 0 atom stereocenters. The summed E-state index contributed by atoms with van der Waals surface area (Å²) in [4.78, 5) is 4.75. The van der Waals surface area contributed by atoms with Gasteiger partial charge in [0.2, 0.25) is 0 Å². The third-order valence-corrected chi connectivity index (χ3v) is 5.54. The lowest BCUT2D eigenvalue weighted by Crippen LogP contribution is -2.38. The second-order valence-electron chi connectivity index (χ2n) is 7.57. The summed E-state index contributed by atoms with van der Waals surface area (Å²) in [5.74, 6) is 3.22. The Hall–Kier alpha value is -2.42. The number of nitrogens with one attached hydrogen (secondary N) is 2. The number of benzene rings is 2. The highest BCUT2D eigenvalue weighted by molar-refractivity contribution is 14.0. The number of fused-ring (bicyclic) bond motifs is 1. The molecule has 0 radical (unpaired) electrons. The summed E-state index contributed by atoms with van der Waals surface area (Å²) >= 11 is 0. The van der Waals surface area contributed by atoms with Crippen molar-refractivity contribution in [2.75, 3.05) is 13.1 Å². The number of rotatable bonds is 8. The highest BCUT2D eigenvalue weighted by Gasteiger charge is 2.17. The Labute approximate surface area is 201 Å². The van der Waals surface area contributed by atoms with E-state index in [1.165, 1.54) is 11.1 Å². The third-order valence-electron chi connectivity index (χ3n) is 5.54. The zero-order valence-corrected chi connectivity index (χ0v) is 20.3. The molecular formula is C24H31IN6. The summed E-state index contributed by atoms with van der Waals surface area (Å²) in [5, 5.41) is 15.4. The molecule has 2 aromatic carbocycles. The van der Waals surface area contributed by atoms with Crippen LogP contribution in [0, 0.1) is 0 Å². The number of aliphatic imine (C=N–C) groups is 1. The van der Waals surface area contributed by atoms with Gasteiger partial charge in [0.05, 0.1) is 0 Å². The maximum Gasteiger partial charge on any atom is 0.191 e. The van der Waals surface area contributed by atoms with Crippen molar-refractivity contribution in [2.45, 2.75) is 45.2 Å². The number of halogens is 1. The first-order chi connectivity index (χ1) is 14.8. The van der Waals surface area contributed by atoms with Crippen LogP contribution in [0.3, 0.4) is 0 Å². The molecule has 0 bridgehead atoms. The van der Waals surface area contributed by atoms with Crippen LogP contribution in [0.2, 0.25) is 0 Å². The second kappa shape index (κ2) is 11.8. The van der Waals surface area contributed by atoms with E-state index in [4.69, 9.17) is 4.99 Å². The van der Waals surface area contributed by atoms with Gasteiger partial charge in [0.1, 0.15) is 12.4 Å². The summed E-state index contributed by atoms with van der Waals surface area (Å²) in [6.07, 6.45) is 3.16. The molecule has 4 rings (SSSR count). The van der Waals surface area contributed by atoms with Crippen LogP contribution in [0.4, 0.5) is 0 Å². The highest BCUT2D eigenvalue weighted by atomic mass is 127. The van der Waals surface area contributed by atoms with Crippen LogP contribution < -0.4 is 10.6 Å². The van der Waals surface area contributed by atoms with Crippen molar-refractivity contribution in [1.82, 2.24) is 25.4 Å². The molecule has 6 nitrogen and oxygen atoms in total. The van der Waals surface area contributed by atoms with E-state index in [9.17, 15) is 0 Å². The van der Waals surface area contributed by atoms with Gasteiger partial charge in [0.15, 0.2) is 11.8 Å². The van der Waals surface area contributed by atoms with Gasteiger partial charge in [0.25, 0.3) is 0 Å². The van der Waals surface area contributed by atoms with Crippen molar-refractivity contribution in [3.63, 3.8) is 0 Å². The van der Waals surface area contributed by atoms with E-state index >= 15 is 0 Å². The van der Waals surface area contributed by atoms with E-state index in [0.717, 1.165) is 56.5 Å². The van der Waals surface area contributed by atoms with E-state index in [-0.39, 0.29) is 24.0 Å². The monoisotopic (exact) mass is 530 g/mol. The Morgan fingerprint density at radius 1 is 1.00 bits per heavy atom. The third kappa shape index (κ3) is 6.06. The van der Waals surface area contributed by atoms with Crippen LogP contribution in [0.1, 0.15) is 48.5 Å². The summed E-state index contributed by atoms with van der Waals surface area (Å²) in [6, 6.07) is 21.4. The molecule has 1 aliphatic rings. The number of hydrogen-bond donors (Lipinski definition) is 2. The molecular weight excluding hydrogens is 499 g/mol. The van der Waals surface area contributed by atoms with Crippen molar-refractivity contribution in [3.05, 3.63) is 83.4 Å². The standard InChI is InChI=1S/C24H30N6.HI/c1-2-25-24(27-18-23-29-28-22-14-9-17-30(22)23)26-16-15-21(19-10-5-3-6-11-19)20-12-7-4-8-13-20;/h3-8,10-13,21H,2,9,14-18H2,1H3,(H2,25,26,27);1H. The van der Waals surface area contributed by atoms with Gasteiger partial charge in [-0.25, -0.2) is 4.99 Å². The minimum atomic E-state index is 0. The maximum atomic E-state index is 4.75. The first-order valence-corrected chi connectivity index (χ1v) is 10.9. The molecule has 0 unspecified atom stereocenters. The fourth-order valence-electron chi connectivity index (χ4n) is 4.05. The van der Waals surface area contributed by atoms with Crippen LogP contribution in [0.25, 0.3) is 0 Å². The Morgan fingerprint density at radius 2 is 1.68 bits per heavy atom.